The number of amides is 1. The molecule has 0 radical (unpaired) electrons. The molecule has 0 aromatic carbocycles. The zero-order valence-corrected chi connectivity index (χ0v) is 20.0. The molecule has 0 atom stereocenters. The third-order valence-corrected chi connectivity index (χ3v) is 11.5. The van der Waals surface area contributed by atoms with Crippen LogP contribution in [0.1, 0.15) is 79.2 Å². The SMILES string of the molecule is O=C(NC1(C2CCCCC2)CC1)c1csc(C2CCN(S(=O)(=O)c3cccs3)CC2)n1. The minimum absolute atomic E-state index is 0.0166. The monoisotopic (exact) mass is 479 g/mol. The van der Waals surface area contributed by atoms with Gasteiger partial charge in [-0.1, -0.05) is 25.3 Å². The number of nitrogens with zero attached hydrogens (tertiary/aromatic N) is 2. The Labute approximate surface area is 192 Å². The minimum atomic E-state index is -3.39. The van der Waals surface area contributed by atoms with Crippen LogP contribution in [0, 0.1) is 5.92 Å². The number of sulfonamides is 1. The summed E-state index contributed by atoms with van der Waals surface area (Å²) in [7, 11) is -3.39. The van der Waals surface area contributed by atoms with E-state index in [0.717, 1.165) is 30.7 Å². The molecular weight excluding hydrogens is 450 g/mol. The van der Waals surface area contributed by atoms with Crippen LogP contribution in [0.5, 0.6) is 0 Å². The summed E-state index contributed by atoms with van der Waals surface area (Å²) in [5.41, 5.74) is 0.540. The molecule has 2 aliphatic carbocycles. The summed E-state index contributed by atoms with van der Waals surface area (Å²) >= 11 is 2.80. The van der Waals surface area contributed by atoms with Gasteiger partial charge in [0.05, 0.1) is 5.01 Å². The predicted molar refractivity (Wildman–Crippen MR) is 123 cm³/mol. The molecule has 0 spiro atoms. The lowest BCUT2D eigenvalue weighted by Gasteiger charge is -2.31. The quantitative estimate of drug-likeness (QED) is 0.656. The molecule has 6 nitrogen and oxygen atoms in total. The molecule has 3 fully saturated rings. The number of carbonyl (C=O) groups is 1. The van der Waals surface area contributed by atoms with Gasteiger partial charge in [0.15, 0.2) is 0 Å². The number of nitrogens with one attached hydrogen (secondary N) is 1. The first-order valence-corrected chi connectivity index (χ1v) is 14.5. The Morgan fingerprint density at radius 3 is 2.48 bits per heavy atom. The van der Waals surface area contributed by atoms with E-state index in [-0.39, 0.29) is 17.4 Å². The lowest BCUT2D eigenvalue weighted by Crippen LogP contribution is -2.43. The van der Waals surface area contributed by atoms with Crippen LogP contribution in [0.15, 0.2) is 27.1 Å². The maximum absolute atomic E-state index is 12.9. The largest absolute Gasteiger partial charge is 0.345 e. The summed E-state index contributed by atoms with van der Waals surface area (Å²) in [4.78, 5) is 17.6. The molecule has 1 amide bonds. The van der Waals surface area contributed by atoms with Crippen LogP contribution < -0.4 is 5.32 Å². The van der Waals surface area contributed by atoms with Gasteiger partial charge >= 0.3 is 0 Å². The number of piperidine rings is 1. The highest BCUT2D eigenvalue weighted by Gasteiger charge is 2.50. The molecular formula is C22H29N3O3S3. The zero-order valence-electron chi connectivity index (χ0n) is 17.6. The third-order valence-electron chi connectivity index (χ3n) is 7.18. The standard InChI is InChI=1S/C22H29N3O3S3/c26-20(24-22(10-11-22)17-5-2-1-3-6-17)18-15-30-21(23-18)16-8-12-25(13-9-16)31(27,28)19-7-4-14-29-19/h4,7,14-17H,1-3,5-6,8-13H2,(H,24,26). The summed E-state index contributed by atoms with van der Waals surface area (Å²) in [6.45, 7) is 0.994. The van der Waals surface area contributed by atoms with Crippen molar-refractivity contribution >= 4 is 38.6 Å². The second-order valence-electron chi connectivity index (χ2n) is 9.13. The first-order valence-electron chi connectivity index (χ1n) is 11.3. The Balaban J connectivity index is 1.19. The minimum Gasteiger partial charge on any atom is -0.345 e. The molecule has 1 N–H and O–H groups in total. The number of hydrogen-bond acceptors (Lipinski definition) is 6. The van der Waals surface area contributed by atoms with Crippen molar-refractivity contribution in [3.8, 4) is 0 Å². The Hall–Kier alpha value is -1.29. The number of aromatic nitrogens is 1. The molecule has 0 bridgehead atoms. The molecule has 9 heteroatoms. The molecule has 31 heavy (non-hydrogen) atoms. The van der Waals surface area contributed by atoms with E-state index in [1.54, 1.807) is 21.8 Å². The van der Waals surface area contributed by atoms with Crippen LogP contribution in [0.2, 0.25) is 0 Å². The molecule has 5 rings (SSSR count). The summed E-state index contributed by atoms with van der Waals surface area (Å²) in [5, 5.41) is 7.96. The molecule has 168 valence electrons. The molecule has 1 saturated heterocycles. The van der Waals surface area contributed by atoms with E-state index >= 15 is 0 Å². The van der Waals surface area contributed by atoms with Gasteiger partial charge in [-0.2, -0.15) is 4.31 Å². The van der Waals surface area contributed by atoms with Crippen molar-refractivity contribution in [3.63, 3.8) is 0 Å². The lowest BCUT2D eigenvalue weighted by atomic mass is 9.82. The second-order valence-corrected chi connectivity index (χ2v) is 13.1. The molecule has 0 unspecified atom stereocenters. The summed E-state index contributed by atoms with van der Waals surface area (Å²) in [6, 6.07) is 3.43. The molecule has 1 aliphatic heterocycles. The van der Waals surface area contributed by atoms with Crippen molar-refractivity contribution in [1.29, 1.82) is 0 Å². The zero-order chi connectivity index (χ0) is 21.5. The van der Waals surface area contributed by atoms with E-state index in [4.69, 9.17) is 0 Å². The van der Waals surface area contributed by atoms with Crippen molar-refractivity contribution in [3.05, 3.63) is 33.6 Å². The van der Waals surface area contributed by atoms with Gasteiger partial charge < -0.3 is 5.32 Å². The molecule has 2 aromatic rings. The van der Waals surface area contributed by atoms with Crippen LogP contribution in [-0.4, -0.2) is 42.2 Å². The normalized spacial score (nSPS) is 23.0. The van der Waals surface area contributed by atoms with Crippen LogP contribution in [0.25, 0.3) is 0 Å². The molecule has 3 aliphatic rings. The highest BCUT2D eigenvalue weighted by Crippen LogP contribution is 2.48. The van der Waals surface area contributed by atoms with Crippen LogP contribution in [-0.2, 0) is 10.0 Å². The maximum Gasteiger partial charge on any atom is 0.271 e. The predicted octanol–water partition coefficient (Wildman–Crippen LogP) is 4.62. The first-order chi connectivity index (χ1) is 15.0. The average Bonchev–Trinajstić information content (AvgIpc) is 3.21. The van der Waals surface area contributed by atoms with Crippen molar-refractivity contribution in [2.24, 2.45) is 5.92 Å². The fraction of sp³-hybridized carbons (Fsp3) is 0.636. The van der Waals surface area contributed by atoms with E-state index < -0.39 is 10.0 Å². The smallest absolute Gasteiger partial charge is 0.271 e. The number of carbonyl (C=O) groups excluding carboxylic acids is 1. The molecule has 3 heterocycles. The van der Waals surface area contributed by atoms with E-state index in [9.17, 15) is 13.2 Å². The number of rotatable bonds is 6. The summed E-state index contributed by atoms with van der Waals surface area (Å²) in [5.74, 6) is 0.802. The summed E-state index contributed by atoms with van der Waals surface area (Å²) in [6.07, 6.45) is 10.0. The van der Waals surface area contributed by atoms with Gasteiger partial charge in [0.25, 0.3) is 15.9 Å². The van der Waals surface area contributed by atoms with Crippen molar-refractivity contribution in [2.45, 2.75) is 73.5 Å². The van der Waals surface area contributed by atoms with Crippen LogP contribution in [0.3, 0.4) is 0 Å². The van der Waals surface area contributed by atoms with E-state index in [0.29, 0.717) is 28.9 Å². The average molecular weight is 480 g/mol. The van der Waals surface area contributed by atoms with E-state index in [1.165, 1.54) is 54.8 Å². The fourth-order valence-corrected chi connectivity index (χ4v) is 8.76. The van der Waals surface area contributed by atoms with Crippen molar-refractivity contribution in [1.82, 2.24) is 14.6 Å². The number of hydrogen-bond donors (Lipinski definition) is 1. The number of thiophene rings is 1. The maximum atomic E-state index is 12.9. The fourth-order valence-electron chi connectivity index (χ4n) is 5.18. The van der Waals surface area contributed by atoms with E-state index in [1.807, 2.05) is 5.38 Å². The third kappa shape index (κ3) is 4.34. The Morgan fingerprint density at radius 2 is 1.84 bits per heavy atom. The second kappa shape index (κ2) is 8.57. The van der Waals surface area contributed by atoms with Gasteiger partial charge in [0.2, 0.25) is 0 Å². The van der Waals surface area contributed by atoms with Gasteiger partial charge in [-0.05, 0) is 55.9 Å². The van der Waals surface area contributed by atoms with Crippen LogP contribution in [0.4, 0.5) is 0 Å². The highest BCUT2D eigenvalue weighted by molar-refractivity contribution is 7.91. The van der Waals surface area contributed by atoms with Gasteiger partial charge in [-0.25, -0.2) is 13.4 Å². The number of thiazole rings is 1. The molecule has 2 saturated carbocycles. The lowest BCUT2D eigenvalue weighted by molar-refractivity contribution is 0.0897. The van der Waals surface area contributed by atoms with Crippen LogP contribution >= 0.6 is 22.7 Å². The molecule has 2 aromatic heterocycles. The Bertz CT molecular complexity index is 1010. The summed E-state index contributed by atoms with van der Waals surface area (Å²) < 4.78 is 27.4. The first kappa shape index (κ1) is 21.6. The van der Waals surface area contributed by atoms with Gasteiger partial charge in [0.1, 0.15) is 9.90 Å². The Morgan fingerprint density at radius 1 is 1.10 bits per heavy atom. The highest BCUT2D eigenvalue weighted by atomic mass is 32.2. The topological polar surface area (TPSA) is 79.4 Å². The van der Waals surface area contributed by atoms with E-state index in [2.05, 4.69) is 10.3 Å². The van der Waals surface area contributed by atoms with Gasteiger partial charge in [-0.15, -0.1) is 22.7 Å². The van der Waals surface area contributed by atoms with Gasteiger partial charge in [-0.3, -0.25) is 4.79 Å². The van der Waals surface area contributed by atoms with Crippen molar-refractivity contribution in [2.75, 3.05) is 13.1 Å². The van der Waals surface area contributed by atoms with Gasteiger partial charge in [0, 0.05) is 29.9 Å². The Kier molecular flexibility index (Phi) is 5.96. The van der Waals surface area contributed by atoms with Crippen molar-refractivity contribution < 1.29 is 13.2 Å².